The topological polar surface area (TPSA) is 46.2 Å². The SMILES string of the molecule is CSC1CCC(NS(=O)(=O)c2c(Cl)cc(Br)cc2Cl)C1. The zero-order chi connectivity index (χ0) is 14.9. The third-order valence-electron chi connectivity index (χ3n) is 3.27. The van der Waals surface area contributed by atoms with Gasteiger partial charge >= 0.3 is 0 Å². The molecule has 0 aliphatic heterocycles. The second kappa shape index (κ2) is 6.75. The van der Waals surface area contributed by atoms with Crippen molar-refractivity contribution in [1.82, 2.24) is 4.72 Å². The molecule has 0 saturated heterocycles. The first-order valence-electron chi connectivity index (χ1n) is 6.03. The van der Waals surface area contributed by atoms with Crippen LogP contribution in [0.25, 0.3) is 0 Å². The molecule has 0 radical (unpaired) electrons. The van der Waals surface area contributed by atoms with Crippen LogP contribution in [0.1, 0.15) is 19.3 Å². The molecule has 1 aromatic rings. The summed E-state index contributed by atoms with van der Waals surface area (Å²) in [5.74, 6) is 0. The first-order valence-corrected chi connectivity index (χ1v) is 10.3. The molecule has 1 aliphatic rings. The highest BCUT2D eigenvalue weighted by atomic mass is 79.9. The van der Waals surface area contributed by atoms with Gasteiger partial charge in [0, 0.05) is 15.8 Å². The maximum absolute atomic E-state index is 12.4. The van der Waals surface area contributed by atoms with Crippen LogP contribution in [0.4, 0.5) is 0 Å². The molecule has 1 aliphatic carbocycles. The smallest absolute Gasteiger partial charge is 0.208 e. The molecule has 1 aromatic carbocycles. The van der Waals surface area contributed by atoms with Gasteiger partial charge in [-0.1, -0.05) is 39.1 Å². The first-order chi connectivity index (χ1) is 9.33. The van der Waals surface area contributed by atoms with Crippen molar-refractivity contribution in [3.8, 4) is 0 Å². The van der Waals surface area contributed by atoms with Crippen LogP contribution in [0.2, 0.25) is 10.0 Å². The van der Waals surface area contributed by atoms with Gasteiger partial charge in [-0.05, 0) is 37.7 Å². The van der Waals surface area contributed by atoms with Gasteiger partial charge in [0.2, 0.25) is 10.0 Å². The third kappa shape index (κ3) is 3.84. The highest BCUT2D eigenvalue weighted by Crippen LogP contribution is 2.34. The first kappa shape index (κ1) is 16.9. The highest BCUT2D eigenvalue weighted by molar-refractivity contribution is 9.10. The average molecular weight is 419 g/mol. The van der Waals surface area contributed by atoms with Gasteiger partial charge in [-0.2, -0.15) is 11.8 Å². The van der Waals surface area contributed by atoms with E-state index in [0.717, 1.165) is 19.3 Å². The summed E-state index contributed by atoms with van der Waals surface area (Å²) in [7, 11) is -3.70. The number of hydrogen-bond acceptors (Lipinski definition) is 3. The molecule has 0 spiro atoms. The fraction of sp³-hybridized carbons (Fsp3) is 0.500. The fourth-order valence-electron chi connectivity index (χ4n) is 2.33. The van der Waals surface area contributed by atoms with E-state index in [1.165, 1.54) is 12.1 Å². The Kier molecular flexibility index (Phi) is 5.71. The largest absolute Gasteiger partial charge is 0.243 e. The predicted molar refractivity (Wildman–Crippen MR) is 89.4 cm³/mol. The summed E-state index contributed by atoms with van der Waals surface area (Å²) in [4.78, 5) is -0.0448. The lowest BCUT2D eigenvalue weighted by Gasteiger charge is -2.15. The molecule has 8 heteroatoms. The lowest BCUT2D eigenvalue weighted by atomic mass is 10.3. The predicted octanol–water partition coefficient (Wildman–Crippen LogP) is 4.32. The van der Waals surface area contributed by atoms with E-state index >= 15 is 0 Å². The van der Waals surface area contributed by atoms with Crippen LogP contribution >= 0.6 is 50.9 Å². The minimum absolute atomic E-state index is 0.0448. The minimum Gasteiger partial charge on any atom is -0.208 e. The fourth-order valence-corrected chi connectivity index (χ4v) is 6.34. The van der Waals surface area contributed by atoms with Crippen LogP contribution in [0.15, 0.2) is 21.5 Å². The van der Waals surface area contributed by atoms with Gasteiger partial charge in [-0.15, -0.1) is 0 Å². The Balaban J connectivity index is 2.24. The summed E-state index contributed by atoms with van der Waals surface area (Å²) >= 11 is 17.1. The Labute approximate surface area is 142 Å². The molecule has 2 rings (SSSR count). The highest BCUT2D eigenvalue weighted by Gasteiger charge is 2.30. The van der Waals surface area contributed by atoms with Crippen molar-refractivity contribution in [2.45, 2.75) is 35.4 Å². The van der Waals surface area contributed by atoms with Gasteiger partial charge in [-0.3, -0.25) is 0 Å². The van der Waals surface area contributed by atoms with Crippen molar-refractivity contribution < 1.29 is 8.42 Å². The zero-order valence-electron chi connectivity index (χ0n) is 10.7. The molecule has 0 bridgehead atoms. The molecule has 1 fully saturated rings. The van der Waals surface area contributed by atoms with Gasteiger partial charge in [0.1, 0.15) is 4.90 Å². The Morgan fingerprint density at radius 2 is 1.90 bits per heavy atom. The molecular formula is C12H14BrCl2NO2S2. The van der Waals surface area contributed by atoms with E-state index in [2.05, 4.69) is 20.7 Å². The minimum atomic E-state index is -3.70. The molecule has 1 saturated carbocycles. The Morgan fingerprint density at radius 3 is 2.40 bits per heavy atom. The lowest BCUT2D eigenvalue weighted by molar-refractivity contribution is 0.552. The Morgan fingerprint density at radius 1 is 1.30 bits per heavy atom. The number of sulfonamides is 1. The summed E-state index contributed by atoms with van der Waals surface area (Å²) in [6.07, 6.45) is 4.75. The van der Waals surface area contributed by atoms with E-state index in [-0.39, 0.29) is 21.0 Å². The molecule has 0 aromatic heterocycles. The molecule has 0 heterocycles. The van der Waals surface area contributed by atoms with E-state index in [1.54, 1.807) is 11.8 Å². The van der Waals surface area contributed by atoms with E-state index in [0.29, 0.717) is 9.72 Å². The number of hydrogen-bond donors (Lipinski definition) is 1. The van der Waals surface area contributed by atoms with E-state index in [1.807, 2.05) is 6.26 Å². The van der Waals surface area contributed by atoms with Crippen molar-refractivity contribution in [2.75, 3.05) is 6.26 Å². The summed E-state index contributed by atoms with van der Waals surface area (Å²) in [5.41, 5.74) is 0. The van der Waals surface area contributed by atoms with Crippen LogP contribution in [0, 0.1) is 0 Å². The molecular weight excluding hydrogens is 405 g/mol. The monoisotopic (exact) mass is 417 g/mol. The van der Waals surface area contributed by atoms with Gasteiger partial charge in [0.25, 0.3) is 0 Å². The van der Waals surface area contributed by atoms with Crippen molar-refractivity contribution >= 4 is 60.9 Å². The van der Waals surface area contributed by atoms with E-state index in [9.17, 15) is 8.42 Å². The quantitative estimate of drug-likeness (QED) is 0.791. The molecule has 0 amide bonds. The number of halogens is 3. The summed E-state index contributed by atoms with van der Waals surface area (Å²) in [6.45, 7) is 0. The third-order valence-corrected chi connectivity index (χ3v) is 7.27. The van der Waals surface area contributed by atoms with Crippen LogP contribution in [-0.4, -0.2) is 26.0 Å². The summed E-state index contributed by atoms with van der Waals surface area (Å²) in [5, 5.41) is 0.756. The van der Waals surface area contributed by atoms with Crippen LogP contribution < -0.4 is 4.72 Å². The van der Waals surface area contributed by atoms with Crippen LogP contribution in [0.3, 0.4) is 0 Å². The average Bonchev–Trinajstić information content (AvgIpc) is 2.73. The van der Waals surface area contributed by atoms with Crippen LogP contribution in [0.5, 0.6) is 0 Å². The zero-order valence-corrected chi connectivity index (χ0v) is 15.4. The van der Waals surface area contributed by atoms with Crippen LogP contribution in [-0.2, 0) is 10.0 Å². The molecule has 3 nitrogen and oxygen atoms in total. The number of nitrogens with one attached hydrogen (secondary N) is 1. The normalized spacial score (nSPS) is 23.2. The maximum Gasteiger partial charge on any atom is 0.243 e. The standard InChI is InChI=1S/C12H14BrCl2NO2S2/c1-19-9-3-2-8(6-9)16-20(17,18)12-10(14)4-7(13)5-11(12)15/h4-5,8-9,16H,2-3,6H2,1H3. The van der Waals surface area contributed by atoms with Gasteiger partial charge in [0.15, 0.2) is 0 Å². The second-order valence-corrected chi connectivity index (χ2v) is 9.21. The van der Waals surface area contributed by atoms with Crippen molar-refractivity contribution in [3.63, 3.8) is 0 Å². The molecule has 1 N–H and O–H groups in total. The van der Waals surface area contributed by atoms with E-state index < -0.39 is 10.0 Å². The van der Waals surface area contributed by atoms with E-state index in [4.69, 9.17) is 23.2 Å². The molecule has 2 atom stereocenters. The molecule has 112 valence electrons. The second-order valence-electron chi connectivity index (χ2n) is 4.69. The van der Waals surface area contributed by atoms with Crippen molar-refractivity contribution in [3.05, 3.63) is 26.7 Å². The van der Waals surface area contributed by atoms with Gasteiger partial charge < -0.3 is 0 Å². The van der Waals surface area contributed by atoms with Gasteiger partial charge in [0.05, 0.1) is 10.0 Å². The maximum atomic E-state index is 12.4. The number of benzene rings is 1. The number of thioether (sulfide) groups is 1. The van der Waals surface area contributed by atoms with Gasteiger partial charge in [-0.25, -0.2) is 13.1 Å². The number of rotatable bonds is 4. The van der Waals surface area contributed by atoms with Crippen molar-refractivity contribution in [1.29, 1.82) is 0 Å². The molecule has 20 heavy (non-hydrogen) atoms. The summed E-state index contributed by atoms with van der Waals surface area (Å²) < 4.78 is 28.2. The Bertz CT molecular complexity index is 586. The van der Waals surface area contributed by atoms with Crippen molar-refractivity contribution in [2.24, 2.45) is 0 Å². The Hall–Kier alpha value is 0.540. The lowest BCUT2D eigenvalue weighted by Crippen LogP contribution is -2.33. The molecule has 2 unspecified atom stereocenters. The summed E-state index contributed by atoms with van der Waals surface area (Å²) in [6, 6.07) is 3.01.